The molecule has 0 bridgehead atoms. The van der Waals surface area contributed by atoms with Crippen molar-refractivity contribution in [3.63, 3.8) is 0 Å². The van der Waals surface area contributed by atoms with Gasteiger partial charge in [0.25, 0.3) is 0 Å². The second-order valence-corrected chi connectivity index (χ2v) is 8.71. The average molecular weight is 262 g/mol. The van der Waals surface area contributed by atoms with Crippen LogP contribution in [0.3, 0.4) is 0 Å². The average Bonchev–Trinajstić information content (AvgIpc) is 2.18. The third kappa shape index (κ3) is 4.33. The van der Waals surface area contributed by atoms with Gasteiger partial charge in [0.2, 0.25) is 0 Å². The van der Waals surface area contributed by atoms with Crippen molar-refractivity contribution in [3.8, 4) is 0 Å². The molecule has 1 fully saturated rings. The Hall–Kier alpha value is 0.0569. The van der Waals surface area contributed by atoms with E-state index < -0.39 is 20.9 Å². The van der Waals surface area contributed by atoms with Gasteiger partial charge in [-0.3, -0.25) is 0 Å². The second-order valence-electron chi connectivity index (χ2n) is 6.28. The van der Waals surface area contributed by atoms with E-state index in [4.69, 9.17) is 13.9 Å². The minimum atomic E-state index is -1.09. The van der Waals surface area contributed by atoms with E-state index in [2.05, 4.69) is 33.9 Å². The van der Waals surface area contributed by atoms with Crippen molar-refractivity contribution < 1.29 is 19.0 Å². The first-order valence-electron chi connectivity index (χ1n) is 6.25. The smallest absolute Gasteiger partial charge is 0.188 e. The van der Waals surface area contributed by atoms with Crippen LogP contribution in [0.1, 0.15) is 27.7 Å². The highest BCUT2D eigenvalue weighted by Gasteiger charge is 2.44. The van der Waals surface area contributed by atoms with E-state index in [0.29, 0.717) is 13.2 Å². The molecule has 1 rings (SSSR count). The van der Waals surface area contributed by atoms with Gasteiger partial charge in [-0.25, -0.2) is 0 Å². The Morgan fingerprint density at radius 1 is 1.41 bits per heavy atom. The van der Waals surface area contributed by atoms with Crippen LogP contribution in [-0.4, -0.2) is 45.4 Å². The van der Waals surface area contributed by atoms with Crippen molar-refractivity contribution in [1.29, 1.82) is 0 Å². The highest BCUT2D eigenvalue weighted by atomic mass is 28.3. The molecular weight excluding hydrogens is 236 g/mol. The zero-order chi connectivity index (χ0) is 13.3. The summed E-state index contributed by atoms with van der Waals surface area (Å²) in [7, 11) is -1.09. The lowest BCUT2D eigenvalue weighted by Gasteiger charge is -2.46. The molecule has 0 aliphatic carbocycles. The third-order valence-electron chi connectivity index (χ3n) is 2.82. The van der Waals surface area contributed by atoms with Crippen molar-refractivity contribution in [2.75, 3.05) is 13.2 Å². The van der Waals surface area contributed by atoms with Crippen molar-refractivity contribution in [2.24, 2.45) is 5.41 Å². The van der Waals surface area contributed by atoms with Crippen LogP contribution in [0.2, 0.25) is 13.1 Å². The molecule has 0 amide bonds. The van der Waals surface area contributed by atoms with Crippen LogP contribution in [0.5, 0.6) is 0 Å². The first-order valence-corrected chi connectivity index (χ1v) is 9.03. The van der Waals surface area contributed by atoms with Gasteiger partial charge in [0.05, 0.1) is 19.3 Å². The third-order valence-corrected chi connectivity index (χ3v) is 3.65. The Labute approximate surface area is 106 Å². The SMILES string of the molecule is C[SiH](C)OC[C@]1(C)OC[C@@H](O)[C@H](C(C)(C)C)O1. The van der Waals surface area contributed by atoms with Crippen LogP contribution < -0.4 is 0 Å². The van der Waals surface area contributed by atoms with Gasteiger partial charge in [-0.1, -0.05) is 20.8 Å². The van der Waals surface area contributed by atoms with Gasteiger partial charge in [-0.05, 0) is 25.4 Å². The number of rotatable bonds is 3. The predicted octanol–water partition coefficient (Wildman–Crippen LogP) is 1.52. The zero-order valence-electron chi connectivity index (χ0n) is 11.8. The molecule has 0 radical (unpaired) electrons. The summed E-state index contributed by atoms with van der Waals surface area (Å²) in [5.74, 6) is -0.728. The second kappa shape index (κ2) is 5.36. The van der Waals surface area contributed by atoms with Gasteiger partial charge in [0, 0.05) is 0 Å². The summed E-state index contributed by atoms with van der Waals surface area (Å²) in [6.07, 6.45) is -0.793. The zero-order valence-corrected chi connectivity index (χ0v) is 13.0. The quantitative estimate of drug-likeness (QED) is 0.784. The fraction of sp³-hybridized carbons (Fsp3) is 1.00. The molecule has 0 saturated carbocycles. The molecule has 0 unspecified atom stereocenters. The lowest BCUT2D eigenvalue weighted by Crippen LogP contribution is -2.56. The summed E-state index contributed by atoms with van der Waals surface area (Å²) < 4.78 is 17.2. The molecule has 0 aromatic heterocycles. The Bertz CT molecular complexity index is 251. The van der Waals surface area contributed by atoms with Crippen LogP contribution in [0.25, 0.3) is 0 Å². The highest BCUT2D eigenvalue weighted by Crippen LogP contribution is 2.33. The summed E-state index contributed by atoms with van der Waals surface area (Å²) in [5.41, 5.74) is -0.111. The van der Waals surface area contributed by atoms with Crippen LogP contribution in [0, 0.1) is 5.41 Å². The molecule has 1 aliphatic heterocycles. The van der Waals surface area contributed by atoms with Crippen LogP contribution in [0.4, 0.5) is 0 Å². The monoisotopic (exact) mass is 262 g/mol. The molecule has 1 heterocycles. The molecule has 1 saturated heterocycles. The first-order chi connectivity index (χ1) is 7.64. The summed E-state index contributed by atoms with van der Waals surface area (Å²) in [4.78, 5) is 0. The molecule has 0 aromatic carbocycles. The first kappa shape index (κ1) is 15.1. The maximum absolute atomic E-state index is 9.93. The number of ether oxygens (including phenoxy) is 2. The molecule has 1 N–H and O–H groups in total. The fourth-order valence-corrected chi connectivity index (χ4v) is 2.51. The van der Waals surface area contributed by atoms with Crippen molar-refractivity contribution >= 4 is 9.04 Å². The fourth-order valence-electron chi connectivity index (χ4n) is 1.88. The number of hydrogen-bond acceptors (Lipinski definition) is 4. The van der Waals surface area contributed by atoms with Crippen molar-refractivity contribution in [2.45, 2.75) is 58.8 Å². The van der Waals surface area contributed by atoms with Crippen LogP contribution in [0.15, 0.2) is 0 Å². The largest absolute Gasteiger partial charge is 0.415 e. The lowest BCUT2D eigenvalue weighted by molar-refractivity contribution is -0.336. The molecule has 17 heavy (non-hydrogen) atoms. The van der Waals surface area contributed by atoms with E-state index >= 15 is 0 Å². The summed E-state index contributed by atoms with van der Waals surface area (Å²) >= 11 is 0. The van der Waals surface area contributed by atoms with Gasteiger partial charge < -0.3 is 19.0 Å². The molecule has 3 atom stereocenters. The summed E-state index contributed by atoms with van der Waals surface area (Å²) in [6.45, 7) is 13.0. The predicted molar refractivity (Wildman–Crippen MR) is 69.5 cm³/mol. The van der Waals surface area contributed by atoms with Gasteiger partial charge in [-0.2, -0.15) is 0 Å². The molecule has 4 nitrogen and oxygen atoms in total. The number of aliphatic hydroxyl groups is 1. The van der Waals surface area contributed by atoms with Gasteiger partial charge in [0.1, 0.15) is 6.10 Å². The van der Waals surface area contributed by atoms with E-state index in [9.17, 15) is 5.11 Å². The minimum absolute atomic E-state index is 0.111. The number of aliphatic hydroxyl groups excluding tert-OH is 1. The molecule has 0 spiro atoms. The van der Waals surface area contributed by atoms with Crippen molar-refractivity contribution in [1.82, 2.24) is 0 Å². The highest BCUT2D eigenvalue weighted by molar-refractivity contribution is 6.48. The number of hydrogen-bond donors (Lipinski definition) is 1. The van der Waals surface area contributed by atoms with Crippen molar-refractivity contribution in [3.05, 3.63) is 0 Å². The summed E-state index contributed by atoms with van der Waals surface area (Å²) in [5, 5.41) is 9.93. The van der Waals surface area contributed by atoms with E-state index in [1.807, 2.05) is 6.92 Å². The Morgan fingerprint density at radius 3 is 2.47 bits per heavy atom. The Kier molecular flexibility index (Phi) is 4.77. The lowest BCUT2D eigenvalue weighted by atomic mass is 9.85. The van der Waals surface area contributed by atoms with Gasteiger partial charge in [0.15, 0.2) is 14.8 Å². The van der Waals surface area contributed by atoms with E-state index in [0.717, 1.165) is 0 Å². The molecule has 1 aliphatic rings. The standard InChI is InChI=1S/C12H26O4Si/c1-11(2,3)10-9(13)7-14-12(4,16-10)8-15-17(5)6/h9-10,13,17H,7-8H2,1-6H3/t9-,10-,12-/m1/s1. The van der Waals surface area contributed by atoms with Gasteiger partial charge >= 0.3 is 0 Å². The molecular formula is C12H26O4Si. The van der Waals surface area contributed by atoms with E-state index in [1.165, 1.54) is 0 Å². The minimum Gasteiger partial charge on any atom is -0.415 e. The summed E-state index contributed by atoms with van der Waals surface area (Å²) in [6, 6.07) is 0. The Balaban J connectivity index is 2.65. The van der Waals surface area contributed by atoms with Gasteiger partial charge in [-0.15, -0.1) is 0 Å². The van der Waals surface area contributed by atoms with Crippen LogP contribution >= 0.6 is 0 Å². The molecule has 102 valence electrons. The molecule has 0 aromatic rings. The van der Waals surface area contributed by atoms with Crippen LogP contribution in [-0.2, 0) is 13.9 Å². The maximum Gasteiger partial charge on any atom is 0.188 e. The van der Waals surface area contributed by atoms with E-state index in [-0.39, 0.29) is 11.5 Å². The normalized spacial score (nSPS) is 35.3. The topological polar surface area (TPSA) is 47.9 Å². The van der Waals surface area contributed by atoms with E-state index in [1.54, 1.807) is 0 Å². The maximum atomic E-state index is 9.93. The molecule has 5 heteroatoms. The Morgan fingerprint density at radius 2 is 2.00 bits per heavy atom.